The van der Waals surface area contributed by atoms with Gasteiger partial charge in [0.05, 0.1) is 0 Å². The number of nitrogens with zero attached hydrogens (tertiary/aromatic N) is 3. The molecule has 0 bridgehead atoms. The van der Waals surface area contributed by atoms with E-state index >= 15 is 0 Å². The topological polar surface area (TPSA) is 35.2 Å². The molecule has 1 heterocycles. The van der Waals surface area contributed by atoms with E-state index in [0.29, 0.717) is 0 Å². The monoisotopic (exact) mass is 210 g/mol. The van der Waals surface area contributed by atoms with Crippen LogP contribution in [0.25, 0.3) is 0 Å². The normalized spacial score (nSPS) is 10.4. The van der Waals surface area contributed by atoms with Crippen molar-refractivity contribution in [1.82, 2.24) is 10.2 Å². The summed E-state index contributed by atoms with van der Waals surface area (Å²) in [4.78, 5) is 4.50. The molecule has 86 valence electrons. The van der Waals surface area contributed by atoms with Gasteiger partial charge in [0, 0.05) is 32.2 Å². The number of nitrogens with one attached hydrogen (secondary N) is 1. The first-order valence-electron chi connectivity index (χ1n) is 5.82. The average Bonchev–Trinajstić information content (AvgIpc) is 2.71. The van der Waals surface area contributed by atoms with Crippen LogP contribution < -0.4 is 9.80 Å². The van der Waals surface area contributed by atoms with Crippen molar-refractivity contribution < 1.29 is 0 Å². The number of hydrogen-bond donors (Lipinski definition) is 1. The van der Waals surface area contributed by atoms with Crippen LogP contribution in [-0.4, -0.2) is 36.4 Å². The zero-order valence-electron chi connectivity index (χ0n) is 10.2. The van der Waals surface area contributed by atoms with Crippen LogP contribution in [0.4, 0.5) is 11.6 Å². The van der Waals surface area contributed by atoms with Gasteiger partial charge < -0.3 is 9.80 Å². The summed E-state index contributed by atoms with van der Waals surface area (Å²) in [5.74, 6) is 2.16. The Kier molecular flexibility index (Phi) is 4.46. The highest BCUT2D eigenvalue weighted by atomic mass is 15.3. The Labute approximate surface area is 92.3 Å². The second-order valence-corrected chi connectivity index (χ2v) is 3.46. The predicted molar refractivity (Wildman–Crippen MR) is 65.7 cm³/mol. The maximum Gasteiger partial charge on any atom is 0.152 e. The van der Waals surface area contributed by atoms with Crippen molar-refractivity contribution >= 4 is 11.6 Å². The van der Waals surface area contributed by atoms with Gasteiger partial charge in [-0.15, -0.1) is 0 Å². The van der Waals surface area contributed by atoms with E-state index in [1.165, 1.54) is 0 Å². The lowest BCUT2D eigenvalue weighted by molar-refractivity contribution is 0.828. The fourth-order valence-electron chi connectivity index (χ4n) is 1.74. The van der Waals surface area contributed by atoms with Gasteiger partial charge in [-0.2, -0.15) is 5.10 Å². The predicted octanol–water partition coefficient (Wildman–Crippen LogP) is 2.10. The Morgan fingerprint density at radius 2 is 1.53 bits per heavy atom. The minimum Gasteiger partial charge on any atom is -0.357 e. The third-order valence-electron chi connectivity index (χ3n) is 2.74. The van der Waals surface area contributed by atoms with Crippen molar-refractivity contribution in [2.75, 3.05) is 36.0 Å². The maximum absolute atomic E-state index is 4.33. The number of rotatable bonds is 6. The molecule has 0 amide bonds. The molecule has 0 unspecified atom stereocenters. The van der Waals surface area contributed by atoms with Gasteiger partial charge in [0.2, 0.25) is 0 Å². The van der Waals surface area contributed by atoms with Gasteiger partial charge in [-0.25, -0.2) is 0 Å². The Balaban J connectivity index is 2.78. The smallest absolute Gasteiger partial charge is 0.152 e. The molecule has 0 radical (unpaired) electrons. The van der Waals surface area contributed by atoms with Crippen LogP contribution >= 0.6 is 0 Å². The first-order chi connectivity index (χ1) is 7.26. The van der Waals surface area contributed by atoms with Crippen LogP contribution in [0.1, 0.15) is 27.7 Å². The lowest BCUT2D eigenvalue weighted by Gasteiger charge is -2.18. The lowest BCUT2D eigenvalue weighted by atomic mass is 10.4. The van der Waals surface area contributed by atoms with Crippen molar-refractivity contribution in [1.29, 1.82) is 0 Å². The quantitative estimate of drug-likeness (QED) is 0.781. The molecule has 0 saturated heterocycles. The number of H-pyrrole nitrogens is 1. The molecule has 1 N–H and O–H groups in total. The van der Waals surface area contributed by atoms with E-state index in [1.54, 1.807) is 0 Å². The second kappa shape index (κ2) is 5.63. The Bertz CT molecular complexity index is 247. The summed E-state index contributed by atoms with van der Waals surface area (Å²) in [6.07, 6.45) is 0. The summed E-state index contributed by atoms with van der Waals surface area (Å²) >= 11 is 0. The molecule has 1 aromatic rings. The molecule has 0 aliphatic carbocycles. The van der Waals surface area contributed by atoms with Crippen LogP contribution in [-0.2, 0) is 0 Å². The van der Waals surface area contributed by atoms with E-state index in [9.17, 15) is 0 Å². The highest BCUT2D eigenvalue weighted by Gasteiger charge is 2.09. The van der Waals surface area contributed by atoms with Crippen LogP contribution in [0.2, 0.25) is 0 Å². The first kappa shape index (κ1) is 11.9. The molecule has 4 nitrogen and oxygen atoms in total. The molecular formula is C11H22N4. The lowest BCUT2D eigenvalue weighted by Crippen LogP contribution is -2.23. The summed E-state index contributed by atoms with van der Waals surface area (Å²) < 4.78 is 0. The summed E-state index contributed by atoms with van der Waals surface area (Å²) in [6, 6.07) is 2.12. The third kappa shape index (κ3) is 2.64. The van der Waals surface area contributed by atoms with Gasteiger partial charge in [-0.1, -0.05) is 0 Å². The number of aromatic amines is 1. The van der Waals surface area contributed by atoms with Gasteiger partial charge in [0.15, 0.2) is 5.82 Å². The molecule has 0 aliphatic heterocycles. The molecule has 0 atom stereocenters. The van der Waals surface area contributed by atoms with E-state index in [1.807, 2.05) is 0 Å². The molecule has 15 heavy (non-hydrogen) atoms. The van der Waals surface area contributed by atoms with E-state index in [4.69, 9.17) is 0 Å². The van der Waals surface area contributed by atoms with Gasteiger partial charge in [-0.3, -0.25) is 5.10 Å². The molecule has 0 saturated carbocycles. The number of aromatic nitrogens is 2. The molecule has 0 spiro atoms. The van der Waals surface area contributed by atoms with E-state index in [0.717, 1.165) is 37.8 Å². The Hall–Kier alpha value is -1.19. The summed E-state index contributed by atoms with van der Waals surface area (Å²) in [5, 5.41) is 7.43. The summed E-state index contributed by atoms with van der Waals surface area (Å²) in [6.45, 7) is 12.6. The Morgan fingerprint density at radius 1 is 1.00 bits per heavy atom. The number of anilines is 2. The standard InChI is InChI=1S/C11H22N4/c1-5-14(6-2)10-9-11(13-12-10)15(7-3)8-4/h9H,5-8H2,1-4H3,(H,12,13). The largest absolute Gasteiger partial charge is 0.357 e. The maximum atomic E-state index is 4.33. The summed E-state index contributed by atoms with van der Waals surface area (Å²) in [7, 11) is 0. The van der Waals surface area contributed by atoms with Crippen molar-refractivity contribution in [2.24, 2.45) is 0 Å². The summed E-state index contributed by atoms with van der Waals surface area (Å²) in [5.41, 5.74) is 0. The fourth-order valence-corrected chi connectivity index (χ4v) is 1.74. The van der Waals surface area contributed by atoms with Crippen molar-refractivity contribution in [3.05, 3.63) is 6.07 Å². The highest BCUT2D eigenvalue weighted by molar-refractivity contribution is 5.50. The van der Waals surface area contributed by atoms with Gasteiger partial charge >= 0.3 is 0 Å². The number of hydrogen-bond acceptors (Lipinski definition) is 3. The van der Waals surface area contributed by atoms with E-state index in [2.05, 4.69) is 53.8 Å². The SMILES string of the molecule is CCN(CC)c1cc(N(CC)CC)[nH]n1. The van der Waals surface area contributed by atoms with Crippen molar-refractivity contribution in [3.8, 4) is 0 Å². The Morgan fingerprint density at radius 3 is 2.00 bits per heavy atom. The van der Waals surface area contributed by atoms with E-state index < -0.39 is 0 Å². The molecular weight excluding hydrogens is 188 g/mol. The zero-order valence-corrected chi connectivity index (χ0v) is 10.2. The van der Waals surface area contributed by atoms with Crippen LogP contribution in [0.15, 0.2) is 6.07 Å². The molecule has 1 aromatic heterocycles. The van der Waals surface area contributed by atoms with Crippen LogP contribution in [0.5, 0.6) is 0 Å². The zero-order chi connectivity index (χ0) is 11.3. The molecule has 0 fully saturated rings. The average molecular weight is 210 g/mol. The van der Waals surface area contributed by atoms with E-state index in [-0.39, 0.29) is 0 Å². The van der Waals surface area contributed by atoms with Gasteiger partial charge in [0.1, 0.15) is 5.82 Å². The van der Waals surface area contributed by atoms with Crippen molar-refractivity contribution in [2.45, 2.75) is 27.7 Å². The van der Waals surface area contributed by atoms with Crippen LogP contribution in [0, 0.1) is 0 Å². The molecule has 4 heteroatoms. The highest BCUT2D eigenvalue weighted by Crippen LogP contribution is 2.18. The third-order valence-corrected chi connectivity index (χ3v) is 2.74. The van der Waals surface area contributed by atoms with Gasteiger partial charge in [-0.05, 0) is 27.7 Å². The fraction of sp³-hybridized carbons (Fsp3) is 0.727. The molecule has 0 aliphatic rings. The second-order valence-electron chi connectivity index (χ2n) is 3.46. The van der Waals surface area contributed by atoms with Crippen molar-refractivity contribution in [3.63, 3.8) is 0 Å². The first-order valence-corrected chi connectivity index (χ1v) is 5.82. The molecule has 0 aromatic carbocycles. The minimum absolute atomic E-state index is 0.999. The van der Waals surface area contributed by atoms with Gasteiger partial charge in [0.25, 0.3) is 0 Å². The molecule has 1 rings (SSSR count). The van der Waals surface area contributed by atoms with Crippen LogP contribution in [0.3, 0.4) is 0 Å². The minimum atomic E-state index is 0.999.